The number of hydrogen-bond donors (Lipinski definition) is 2. The summed E-state index contributed by atoms with van der Waals surface area (Å²) >= 11 is 6.48. The van der Waals surface area contributed by atoms with E-state index in [1.807, 2.05) is 0 Å². The third kappa shape index (κ3) is 7.20. The van der Waals surface area contributed by atoms with Crippen LogP contribution in [0.15, 0.2) is 39.3 Å². The molecule has 2 N–H and O–H groups in total. The normalized spacial score (nSPS) is 12.4. The lowest BCUT2D eigenvalue weighted by atomic mass is 10.1. The third-order valence-electron chi connectivity index (χ3n) is 4.05. The van der Waals surface area contributed by atoms with Crippen molar-refractivity contribution < 1.29 is 37.0 Å². The molecule has 2 aromatic carbocycles. The summed E-state index contributed by atoms with van der Waals surface area (Å²) in [7, 11) is 0. The number of hydrogen-bond acceptors (Lipinski definition) is 3. The molecule has 0 saturated carbocycles. The molecule has 1 amide bonds. The Balaban J connectivity index is 2.26. The molecule has 2 aromatic rings. The Labute approximate surface area is 192 Å². The zero-order valence-electron chi connectivity index (χ0n) is 16.0. The first-order valence-electron chi connectivity index (χ1n) is 8.89. The van der Waals surface area contributed by atoms with Crippen LogP contribution in [-0.4, -0.2) is 23.2 Å². The van der Waals surface area contributed by atoms with Gasteiger partial charge in [0.2, 0.25) is 12.1 Å². The maximum absolute atomic E-state index is 13.4. The second-order valence-electron chi connectivity index (χ2n) is 6.51. The van der Waals surface area contributed by atoms with Crippen molar-refractivity contribution in [2.24, 2.45) is 0 Å². The van der Waals surface area contributed by atoms with Crippen molar-refractivity contribution in [3.05, 3.63) is 56.0 Å². The Kier molecular flexibility index (Phi) is 8.47. The Hall–Kier alpha value is -2.14. The van der Waals surface area contributed by atoms with Crippen molar-refractivity contribution in [2.45, 2.75) is 38.7 Å². The second-order valence-corrected chi connectivity index (χ2v) is 8.21. The molecule has 0 heterocycles. The van der Waals surface area contributed by atoms with Crippen molar-refractivity contribution in [3.63, 3.8) is 0 Å². The molecule has 0 spiro atoms. The topological polar surface area (TPSA) is 75.6 Å². The molecule has 168 valence electrons. The number of anilines is 1. The fraction of sp³-hybridized carbons (Fsp3) is 0.300. The Morgan fingerprint density at radius 2 is 1.71 bits per heavy atom. The lowest BCUT2D eigenvalue weighted by Gasteiger charge is -2.15. The van der Waals surface area contributed by atoms with Gasteiger partial charge in [0.1, 0.15) is 12.4 Å². The molecule has 0 aliphatic carbocycles. The van der Waals surface area contributed by atoms with Crippen LogP contribution < -0.4 is 10.1 Å². The number of ether oxygens (including phenoxy) is 1. The molecule has 2 rings (SSSR count). The molecule has 1 atom stereocenters. The number of benzene rings is 2. The number of alkyl halides is 4. The molecule has 0 bridgehead atoms. The number of carbonyl (C=O) groups excluding carboxylic acids is 1. The molecule has 0 saturated heterocycles. The monoisotopic (exact) mass is 569 g/mol. The summed E-state index contributed by atoms with van der Waals surface area (Å²) in [6.45, 7) is 1.32. The highest BCUT2D eigenvalue weighted by molar-refractivity contribution is 9.11. The first-order chi connectivity index (χ1) is 14.4. The third-order valence-corrected chi connectivity index (χ3v) is 5.23. The van der Waals surface area contributed by atoms with Crippen LogP contribution in [-0.2, 0) is 28.8 Å². The average molecular weight is 571 g/mol. The highest BCUT2D eigenvalue weighted by atomic mass is 79.9. The van der Waals surface area contributed by atoms with Gasteiger partial charge in [-0.15, -0.1) is 0 Å². The van der Waals surface area contributed by atoms with Crippen LogP contribution in [0.1, 0.15) is 30.0 Å². The number of carboxylic acids is 1. The van der Waals surface area contributed by atoms with E-state index in [0.29, 0.717) is 14.5 Å². The standard InChI is InChI=1S/C20H17Br2F4NO4/c1-2-17(28)27-13-4-11(3-12(8-13)20(24,25)26)9-31-18-14(21)5-10(6-15(18)22)7-16(23)19(29)30/h3-6,8,16H,2,7,9H2,1H3,(H,27,28)(H,29,30). The van der Waals surface area contributed by atoms with Crippen molar-refractivity contribution in [3.8, 4) is 5.75 Å². The van der Waals surface area contributed by atoms with E-state index in [1.54, 1.807) is 6.92 Å². The Morgan fingerprint density at radius 1 is 1.10 bits per heavy atom. The van der Waals surface area contributed by atoms with Gasteiger partial charge in [-0.3, -0.25) is 4.79 Å². The van der Waals surface area contributed by atoms with E-state index in [4.69, 9.17) is 9.84 Å². The lowest BCUT2D eigenvalue weighted by molar-refractivity contribution is -0.142. The van der Waals surface area contributed by atoms with Crippen LogP contribution in [0.3, 0.4) is 0 Å². The minimum Gasteiger partial charge on any atom is -0.487 e. The summed E-state index contributed by atoms with van der Waals surface area (Å²) in [4.78, 5) is 22.3. The summed E-state index contributed by atoms with van der Waals surface area (Å²) < 4.78 is 59.5. The number of aliphatic carboxylic acids is 1. The number of halogens is 6. The summed E-state index contributed by atoms with van der Waals surface area (Å²) in [5, 5.41) is 11.1. The average Bonchev–Trinajstić information content (AvgIpc) is 2.66. The maximum atomic E-state index is 13.4. The van der Waals surface area contributed by atoms with Gasteiger partial charge in [0.05, 0.1) is 14.5 Å². The first-order valence-corrected chi connectivity index (χ1v) is 10.5. The van der Waals surface area contributed by atoms with Crippen molar-refractivity contribution in [1.82, 2.24) is 0 Å². The van der Waals surface area contributed by atoms with Gasteiger partial charge in [-0.1, -0.05) is 6.92 Å². The van der Waals surface area contributed by atoms with Crippen LogP contribution >= 0.6 is 31.9 Å². The van der Waals surface area contributed by atoms with Crippen molar-refractivity contribution in [1.29, 1.82) is 0 Å². The molecule has 0 aromatic heterocycles. The van der Waals surface area contributed by atoms with Gasteiger partial charge in [-0.2, -0.15) is 13.2 Å². The van der Waals surface area contributed by atoms with E-state index in [1.165, 1.54) is 18.2 Å². The number of rotatable bonds is 8. The van der Waals surface area contributed by atoms with Gasteiger partial charge in [-0.25, -0.2) is 9.18 Å². The van der Waals surface area contributed by atoms with Crippen molar-refractivity contribution >= 4 is 49.4 Å². The highest BCUT2D eigenvalue weighted by Crippen LogP contribution is 2.37. The molecule has 5 nitrogen and oxygen atoms in total. The minimum atomic E-state index is -4.61. The van der Waals surface area contributed by atoms with Gasteiger partial charge in [0.25, 0.3) is 0 Å². The fourth-order valence-corrected chi connectivity index (χ4v) is 4.09. The van der Waals surface area contributed by atoms with Crippen molar-refractivity contribution in [2.75, 3.05) is 5.32 Å². The van der Waals surface area contributed by atoms with Crippen LogP contribution in [0, 0.1) is 0 Å². The zero-order valence-corrected chi connectivity index (χ0v) is 19.2. The quantitative estimate of drug-likeness (QED) is 0.375. The van der Waals surface area contributed by atoms with Crippen LogP contribution in [0.5, 0.6) is 5.75 Å². The maximum Gasteiger partial charge on any atom is 0.416 e. The van der Waals surface area contributed by atoms with Crippen LogP contribution in [0.25, 0.3) is 0 Å². The lowest BCUT2D eigenvalue weighted by Crippen LogP contribution is -2.17. The SMILES string of the molecule is CCC(=O)Nc1cc(COc2c(Br)cc(CC(F)C(=O)O)cc2Br)cc(C(F)(F)F)c1. The molecule has 31 heavy (non-hydrogen) atoms. The summed E-state index contributed by atoms with van der Waals surface area (Å²) in [6, 6.07) is 6.06. The van der Waals surface area contributed by atoms with Gasteiger partial charge in [-0.05, 0) is 73.3 Å². The number of carboxylic acid groups (broad SMARTS) is 1. The van der Waals surface area contributed by atoms with Gasteiger partial charge in [0.15, 0.2) is 0 Å². The Bertz CT molecular complexity index is 959. The fourth-order valence-electron chi connectivity index (χ4n) is 2.58. The molecular formula is C20H17Br2F4NO4. The zero-order chi connectivity index (χ0) is 23.3. The predicted octanol–water partition coefficient (Wildman–Crippen LogP) is 6.12. The molecule has 1 unspecified atom stereocenters. The van der Waals surface area contributed by atoms with E-state index in [0.717, 1.165) is 12.1 Å². The Morgan fingerprint density at radius 3 is 2.23 bits per heavy atom. The van der Waals surface area contributed by atoms with Crippen LogP contribution in [0.2, 0.25) is 0 Å². The molecule has 0 aliphatic rings. The summed E-state index contributed by atoms with van der Waals surface area (Å²) in [5.41, 5.74) is -0.393. The van der Waals surface area contributed by atoms with Gasteiger partial charge < -0.3 is 15.2 Å². The van der Waals surface area contributed by atoms with Crippen LogP contribution in [0.4, 0.5) is 23.2 Å². The summed E-state index contributed by atoms with van der Waals surface area (Å²) in [5.74, 6) is -1.77. The van der Waals surface area contributed by atoms with Gasteiger partial charge in [0, 0.05) is 18.5 Å². The van der Waals surface area contributed by atoms with E-state index < -0.39 is 29.8 Å². The first kappa shape index (κ1) is 25.1. The highest BCUT2D eigenvalue weighted by Gasteiger charge is 2.31. The minimum absolute atomic E-state index is 0.00332. The smallest absolute Gasteiger partial charge is 0.416 e. The van der Waals surface area contributed by atoms with E-state index >= 15 is 0 Å². The van der Waals surface area contributed by atoms with Gasteiger partial charge >= 0.3 is 12.1 Å². The number of carbonyl (C=O) groups is 2. The molecule has 0 fully saturated rings. The molecule has 11 heteroatoms. The van der Waals surface area contributed by atoms with E-state index in [2.05, 4.69) is 37.2 Å². The van der Waals surface area contributed by atoms with E-state index in [-0.39, 0.29) is 36.4 Å². The summed E-state index contributed by atoms with van der Waals surface area (Å²) in [6.07, 6.45) is -6.94. The number of nitrogens with one attached hydrogen (secondary N) is 1. The predicted molar refractivity (Wildman–Crippen MR) is 113 cm³/mol. The second kappa shape index (κ2) is 10.4. The molecular weight excluding hydrogens is 554 g/mol. The largest absolute Gasteiger partial charge is 0.487 e. The molecule has 0 aliphatic heterocycles. The number of amides is 1. The van der Waals surface area contributed by atoms with E-state index in [9.17, 15) is 27.2 Å². The molecule has 0 radical (unpaired) electrons.